The van der Waals surface area contributed by atoms with E-state index in [9.17, 15) is 9.59 Å². The van der Waals surface area contributed by atoms with Crippen LogP contribution in [-0.2, 0) is 16.1 Å². The minimum atomic E-state index is -0.312. The molecule has 0 aromatic heterocycles. The predicted molar refractivity (Wildman–Crippen MR) is 101 cm³/mol. The smallest absolute Gasteiger partial charge is 0.242 e. The number of para-hydroxylation sites is 1. The lowest BCUT2D eigenvalue weighted by Gasteiger charge is -2.35. The number of piperazine rings is 1. The fraction of sp³-hybridized carbons (Fsp3) is 0.500. The molecular formula is C16H26Cl2N4O3. The van der Waals surface area contributed by atoms with Crippen LogP contribution in [0.25, 0.3) is 0 Å². The molecule has 0 aliphatic carbocycles. The molecule has 1 aromatic carbocycles. The lowest BCUT2D eigenvalue weighted by molar-refractivity contribution is -0.134. The van der Waals surface area contributed by atoms with Crippen molar-refractivity contribution in [2.45, 2.75) is 6.54 Å². The summed E-state index contributed by atoms with van der Waals surface area (Å²) in [5.74, 6) is 0.507. The van der Waals surface area contributed by atoms with Crippen LogP contribution < -0.4 is 15.8 Å². The maximum atomic E-state index is 12.0. The second kappa shape index (κ2) is 11.9. The van der Waals surface area contributed by atoms with Crippen LogP contribution in [0.2, 0.25) is 0 Å². The molecule has 1 heterocycles. The van der Waals surface area contributed by atoms with Gasteiger partial charge in [-0.1, -0.05) is 18.2 Å². The summed E-state index contributed by atoms with van der Waals surface area (Å²) in [6.07, 6.45) is 0. The van der Waals surface area contributed by atoms with E-state index in [1.54, 1.807) is 12.0 Å². The maximum absolute atomic E-state index is 12.0. The zero-order chi connectivity index (χ0) is 16.7. The van der Waals surface area contributed by atoms with E-state index in [1.165, 1.54) is 0 Å². The van der Waals surface area contributed by atoms with Crippen LogP contribution in [-0.4, -0.2) is 68.0 Å². The van der Waals surface area contributed by atoms with E-state index >= 15 is 0 Å². The summed E-state index contributed by atoms with van der Waals surface area (Å²) in [6, 6.07) is 7.96. The molecule has 1 aliphatic rings. The highest BCUT2D eigenvalue weighted by molar-refractivity contribution is 5.86. The first kappa shape index (κ1) is 23.5. The van der Waals surface area contributed by atoms with Gasteiger partial charge in [-0.05, 0) is 6.07 Å². The van der Waals surface area contributed by atoms with E-state index in [4.69, 9.17) is 10.5 Å². The quantitative estimate of drug-likeness (QED) is 0.724. The normalized spacial score (nSPS) is 14.1. The van der Waals surface area contributed by atoms with Gasteiger partial charge in [0.2, 0.25) is 11.8 Å². The standard InChI is InChI=1S/C16H24N4O3.2ClH/c1-23-14-5-3-2-4-13(14)12-19-6-8-20(9-7-19)16(22)11-18-15(21)10-17;;/h2-5H,6-12,17H2,1H3,(H,18,21);2*1H. The molecule has 0 saturated carbocycles. The molecule has 1 aromatic rings. The van der Waals surface area contributed by atoms with Crippen molar-refractivity contribution >= 4 is 36.6 Å². The first-order valence-corrected chi connectivity index (χ1v) is 7.73. The number of amides is 2. The number of benzene rings is 1. The summed E-state index contributed by atoms with van der Waals surface area (Å²) >= 11 is 0. The summed E-state index contributed by atoms with van der Waals surface area (Å²) in [5.41, 5.74) is 6.34. The van der Waals surface area contributed by atoms with Gasteiger partial charge in [-0.2, -0.15) is 0 Å². The van der Waals surface area contributed by atoms with Crippen LogP contribution in [0, 0.1) is 0 Å². The van der Waals surface area contributed by atoms with Gasteiger partial charge in [0.25, 0.3) is 0 Å². The topological polar surface area (TPSA) is 87.9 Å². The Labute approximate surface area is 160 Å². The molecule has 0 spiro atoms. The second-order valence-corrected chi connectivity index (χ2v) is 5.45. The molecule has 9 heteroatoms. The molecule has 2 rings (SSSR count). The van der Waals surface area contributed by atoms with Gasteiger partial charge in [-0.3, -0.25) is 14.5 Å². The van der Waals surface area contributed by atoms with Gasteiger partial charge < -0.3 is 20.7 Å². The average molecular weight is 393 g/mol. The number of nitrogens with two attached hydrogens (primary N) is 1. The van der Waals surface area contributed by atoms with E-state index in [0.29, 0.717) is 13.1 Å². The molecule has 0 radical (unpaired) electrons. The summed E-state index contributed by atoms with van der Waals surface area (Å²) < 4.78 is 5.37. The van der Waals surface area contributed by atoms with Gasteiger partial charge >= 0.3 is 0 Å². The summed E-state index contributed by atoms with van der Waals surface area (Å²) in [5, 5.41) is 2.51. The number of carbonyl (C=O) groups is 2. The van der Waals surface area contributed by atoms with E-state index in [1.807, 2.05) is 18.2 Å². The third kappa shape index (κ3) is 7.07. The number of hydrogen-bond acceptors (Lipinski definition) is 5. The Morgan fingerprint density at radius 2 is 1.80 bits per heavy atom. The van der Waals surface area contributed by atoms with Crippen molar-refractivity contribution in [1.82, 2.24) is 15.1 Å². The second-order valence-electron chi connectivity index (χ2n) is 5.45. The lowest BCUT2D eigenvalue weighted by Crippen LogP contribution is -2.51. The van der Waals surface area contributed by atoms with Crippen molar-refractivity contribution in [2.75, 3.05) is 46.4 Å². The molecule has 1 aliphatic heterocycles. The zero-order valence-electron chi connectivity index (χ0n) is 14.3. The molecule has 25 heavy (non-hydrogen) atoms. The number of methoxy groups -OCH3 is 1. The Bertz CT molecular complexity index is 552. The highest BCUT2D eigenvalue weighted by Gasteiger charge is 2.21. The summed E-state index contributed by atoms with van der Waals surface area (Å²) in [7, 11) is 1.67. The zero-order valence-corrected chi connectivity index (χ0v) is 15.9. The fourth-order valence-electron chi connectivity index (χ4n) is 2.59. The molecule has 0 bridgehead atoms. The molecule has 1 saturated heterocycles. The van der Waals surface area contributed by atoms with Crippen LogP contribution in [0.15, 0.2) is 24.3 Å². The fourth-order valence-corrected chi connectivity index (χ4v) is 2.59. The maximum Gasteiger partial charge on any atom is 0.242 e. The molecular weight excluding hydrogens is 367 g/mol. The van der Waals surface area contributed by atoms with Gasteiger partial charge in [0.1, 0.15) is 5.75 Å². The number of hydrogen-bond donors (Lipinski definition) is 2. The molecule has 1 fully saturated rings. The Kier molecular flexibility index (Phi) is 11.2. The van der Waals surface area contributed by atoms with Crippen molar-refractivity contribution < 1.29 is 14.3 Å². The van der Waals surface area contributed by atoms with Crippen LogP contribution >= 0.6 is 24.8 Å². The van der Waals surface area contributed by atoms with Crippen LogP contribution in [0.1, 0.15) is 5.56 Å². The van der Waals surface area contributed by atoms with Crippen molar-refractivity contribution in [3.8, 4) is 5.75 Å². The van der Waals surface area contributed by atoms with Crippen LogP contribution in [0.5, 0.6) is 5.75 Å². The Balaban J connectivity index is 0.00000288. The SMILES string of the molecule is COc1ccccc1CN1CCN(C(=O)CNC(=O)CN)CC1.Cl.Cl. The van der Waals surface area contributed by atoms with Crippen molar-refractivity contribution in [3.05, 3.63) is 29.8 Å². The first-order chi connectivity index (χ1) is 11.1. The van der Waals surface area contributed by atoms with E-state index in [2.05, 4.69) is 16.3 Å². The number of carbonyl (C=O) groups excluding carboxylic acids is 2. The van der Waals surface area contributed by atoms with Gasteiger partial charge in [0.15, 0.2) is 0 Å². The van der Waals surface area contributed by atoms with Crippen LogP contribution in [0.4, 0.5) is 0 Å². The molecule has 142 valence electrons. The lowest BCUT2D eigenvalue weighted by atomic mass is 10.1. The molecule has 0 unspecified atom stereocenters. The Morgan fingerprint density at radius 1 is 1.16 bits per heavy atom. The number of rotatable bonds is 6. The third-order valence-corrected chi connectivity index (χ3v) is 3.93. The van der Waals surface area contributed by atoms with E-state index in [-0.39, 0.29) is 49.7 Å². The van der Waals surface area contributed by atoms with Gasteiger partial charge in [-0.15, -0.1) is 24.8 Å². The molecule has 2 amide bonds. The highest BCUT2D eigenvalue weighted by Crippen LogP contribution is 2.19. The number of nitrogens with zero attached hydrogens (tertiary/aromatic N) is 2. The number of ether oxygens (including phenoxy) is 1. The third-order valence-electron chi connectivity index (χ3n) is 3.93. The van der Waals surface area contributed by atoms with Gasteiger partial charge in [-0.25, -0.2) is 0 Å². The Hall–Kier alpha value is -1.54. The number of halogens is 2. The highest BCUT2D eigenvalue weighted by atomic mass is 35.5. The van der Waals surface area contributed by atoms with E-state index in [0.717, 1.165) is 30.9 Å². The number of nitrogens with one attached hydrogen (secondary N) is 1. The summed E-state index contributed by atoms with van der Waals surface area (Å²) in [6.45, 7) is 3.64. The van der Waals surface area contributed by atoms with Crippen LogP contribution in [0.3, 0.4) is 0 Å². The molecule has 0 atom stereocenters. The van der Waals surface area contributed by atoms with Crippen molar-refractivity contribution in [2.24, 2.45) is 5.73 Å². The first-order valence-electron chi connectivity index (χ1n) is 7.73. The minimum Gasteiger partial charge on any atom is -0.496 e. The largest absolute Gasteiger partial charge is 0.496 e. The van der Waals surface area contributed by atoms with E-state index < -0.39 is 0 Å². The minimum absolute atomic E-state index is 0. The van der Waals surface area contributed by atoms with Gasteiger partial charge in [0.05, 0.1) is 20.2 Å². The van der Waals surface area contributed by atoms with Gasteiger partial charge in [0, 0.05) is 38.3 Å². The summed E-state index contributed by atoms with van der Waals surface area (Å²) in [4.78, 5) is 27.2. The van der Waals surface area contributed by atoms with Crippen molar-refractivity contribution in [3.63, 3.8) is 0 Å². The van der Waals surface area contributed by atoms with Crippen molar-refractivity contribution in [1.29, 1.82) is 0 Å². The monoisotopic (exact) mass is 392 g/mol. The Morgan fingerprint density at radius 3 is 2.40 bits per heavy atom. The molecule has 3 N–H and O–H groups in total. The molecule has 7 nitrogen and oxygen atoms in total. The average Bonchev–Trinajstić information content (AvgIpc) is 2.60. The predicted octanol–water partition coefficient (Wildman–Crippen LogP) is 0.258.